The van der Waals surface area contributed by atoms with Crippen molar-refractivity contribution in [3.8, 4) is 0 Å². The van der Waals surface area contributed by atoms with Gasteiger partial charge >= 0.3 is 0 Å². The first-order valence-electron chi connectivity index (χ1n) is 7.58. The lowest BCUT2D eigenvalue weighted by Crippen LogP contribution is -2.32. The zero-order valence-corrected chi connectivity index (χ0v) is 12.1. The van der Waals surface area contributed by atoms with Gasteiger partial charge in [-0.3, -0.25) is 4.90 Å². The van der Waals surface area contributed by atoms with Crippen molar-refractivity contribution in [2.45, 2.75) is 19.0 Å². The minimum Gasteiger partial charge on any atom is -0.315 e. The third kappa shape index (κ3) is 3.49. The molecule has 0 aromatic heterocycles. The second-order valence-electron chi connectivity index (χ2n) is 5.55. The SMILES string of the molecule is Fc1ccccc1CN1CCCNCC1c1ccccc1. The first-order valence-corrected chi connectivity index (χ1v) is 7.58. The van der Waals surface area contributed by atoms with Crippen LogP contribution in [0.1, 0.15) is 23.6 Å². The predicted molar refractivity (Wildman–Crippen MR) is 83.5 cm³/mol. The Hall–Kier alpha value is -1.71. The Kier molecular flexibility index (Phi) is 4.63. The largest absolute Gasteiger partial charge is 0.315 e. The molecule has 2 aromatic rings. The van der Waals surface area contributed by atoms with Crippen LogP contribution in [-0.4, -0.2) is 24.5 Å². The maximum absolute atomic E-state index is 13.9. The number of halogens is 1. The Labute approximate surface area is 125 Å². The fourth-order valence-corrected chi connectivity index (χ4v) is 2.97. The third-order valence-corrected chi connectivity index (χ3v) is 4.09. The molecule has 1 heterocycles. The van der Waals surface area contributed by atoms with Gasteiger partial charge in [0.15, 0.2) is 0 Å². The number of nitrogens with one attached hydrogen (secondary N) is 1. The Morgan fingerprint density at radius 2 is 1.81 bits per heavy atom. The summed E-state index contributed by atoms with van der Waals surface area (Å²) in [6, 6.07) is 17.9. The van der Waals surface area contributed by atoms with Crippen molar-refractivity contribution in [3.05, 3.63) is 71.5 Å². The Morgan fingerprint density at radius 1 is 1.05 bits per heavy atom. The molecule has 1 saturated heterocycles. The maximum atomic E-state index is 13.9. The van der Waals surface area contributed by atoms with Crippen molar-refractivity contribution in [3.63, 3.8) is 0 Å². The van der Waals surface area contributed by atoms with Crippen molar-refractivity contribution in [1.29, 1.82) is 0 Å². The first-order chi connectivity index (χ1) is 10.3. The summed E-state index contributed by atoms with van der Waals surface area (Å²) < 4.78 is 13.9. The molecule has 0 aliphatic carbocycles. The normalized spacial score (nSPS) is 20.1. The number of nitrogens with zero attached hydrogens (tertiary/aromatic N) is 1. The van der Waals surface area contributed by atoms with Crippen LogP contribution in [0.25, 0.3) is 0 Å². The number of hydrogen-bond donors (Lipinski definition) is 1. The minimum absolute atomic E-state index is 0.110. The monoisotopic (exact) mass is 284 g/mol. The molecule has 1 unspecified atom stereocenters. The van der Waals surface area contributed by atoms with E-state index >= 15 is 0 Å². The van der Waals surface area contributed by atoms with Crippen LogP contribution < -0.4 is 5.32 Å². The van der Waals surface area contributed by atoms with E-state index in [-0.39, 0.29) is 5.82 Å². The van der Waals surface area contributed by atoms with E-state index < -0.39 is 0 Å². The van der Waals surface area contributed by atoms with Crippen LogP contribution in [0, 0.1) is 5.82 Å². The van der Waals surface area contributed by atoms with E-state index in [0.29, 0.717) is 12.6 Å². The molecule has 0 spiro atoms. The fourth-order valence-electron chi connectivity index (χ4n) is 2.97. The van der Waals surface area contributed by atoms with Gasteiger partial charge in [-0.05, 0) is 24.6 Å². The van der Waals surface area contributed by atoms with E-state index in [0.717, 1.165) is 31.6 Å². The highest BCUT2D eigenvalue weighted by molar-refractivity contribution is 5.22. The second-order valence-corrected chi connectivity index (χ2v) is 5.55. The van der Waals surface area contributed by atoms with Gasteiger partial charge in [-0.2, -0.15) is 0 Å². The molecule has 0 amide bonds. The van der Waals surface area contributed by atoms with Crippen LogP contribution in [0.4, 0.5) is 4.39 Å². The van der Waals surface area contributed by atoms with E-state index in [1.807, 2.05) is 18.2 Å². The molecule has 3 rings (SSSR count). The molecule has 21 heavy (non-hydrogen) atoms. The van der Waals surface area contributed by atoms with Gasteiger partial charge in [0, 0.05) is 31.2 Å². The molecule has 1 N–H and O–H groups in total. The summed E-state index contributed by atoms with van der Waals surface area (Å²) in [4.78, 5) is 2.38. The molecule has 2 nitrogen and oxygen atoms in total. The Bertz CT molecular complexity index is 570. The average molecular weight is 284 g/mol. The summed E-state index contributed by atoms with van der Waals surface area (Å²) in [5.41, 5.74) is 2.07. The topological polar surface area (TPSA) is 15.3 Å². The smallest absolute Gasteiger partial charge is 0.127 e. The lowest BCUT2D eigenvalue weighted by molar-refractivity contribution is 0.199. The van der Waals surface area contributed by atoms with Gasteiger partial charge in [-0.25, -0.2) is 4.39 Å². The van der Waals surface area contributed by atoms with Crippen LogP contribution in [-0.2, 0) is 6.54 Å². The van der Waals surface area contributed by atoms with Crippen molar-refractivity contribution in [2.75, 3.05) is 19.6 Å². The highest BCUT2D eigenvalue weighted by atomic mass is 19.1. The molecule has 1 atom stereocenters. The van der Waals surface area contributed by atoms with E-state index in [9.17, 15) is 4.39 Å². The van der Waals surface area contributed by atoms with Gasteiger partial charge in [-0.15, -0.1) is 0 Å². The molecule has 0 saturated carbocycles. The van der Waals surface area contributed by atoms with Crippen molar-refractivity contribution in [2.24, 2.45) is 0 Å². The lowest BCUT2D eigenvalue weighted by Gasteiger charge is -2.30. The number of hydrogen-bond acceptors (Lipinski definition) is 2. The second kappa shape index (κ2) is 6.83. The molecule has 0 radical (unpaired) electrons. The molecule has 2 aromatic carbocycles. The lowest BCUT2D eigenvalue weighted by atomic mass is 10.0. The average Bonchev–Trinajstić information content (AvgIpc) is 2.76. The molecule has 0 bridgehead atoms. The quantitative estimate of drug-likeness (QED) is 0.929. The molecule has 1 aliphatic heterocycles. The summed E-state index contributed by atoms with van der Waals surface area (Å²) in [6.45, 7) is 3.59. The summed E-state index contributed by atoms with van der Waals surface area (Å²) in [7, 11) is 0. The highest BCUT2D eigenvalue weighted by Gasteiger charge is 2.23. The fraction of sp³-hybridized carbons (Fsp3) is 0.333. The summed E-state index contributed by atoms with van der Waals surface area (Å²) in [5.74, 6) is -0.110. The van der Waals surface area contributed by atoms with Crippen LogP contribution >= 0.6 is 0 Å². The molecule has 3 heteroatoms. The summed E-state index contributed by atoms with van der Waals surface area (Å²) >= 11 is 0. The summed E-state index contributed by atoms with van der Waals surface area (Å²) in [5, 5.41) is 3.49. The van der Waals surface area contributed by atoms with Gasteiger partial charge in [0.25, 0.3) is 0 Å². The Morgan fingerprint density at radius 3 is 2.62 bits per heavy atom. The van der Waals surface area contributed by atoms with E-state index in [1.54, 1.807) is 12.1 Å². The van der Waals surface area contributed by atoms with E-state index in [4.69, 9.17) is 0 Å². The maximum Gasteiger partial charge on any atom is 0.127 e. The van der Waals surface area contributed by atoms with Crippen molar-refractivity contribution < 1.29 is 4.39 Å². The summed E-state index contributed by atoms with van der Waals surface area (Å²) in [6.07, 6.45) is 1.10. The zero-order chi connectivity index (χ0) is 14.5. The van der Waals surface area contributed by atoms with E-state index in [2.05, 4.69) is 34.5 Å². The molecular formula is C18H21FN2. The van der Waals surface area contributed by atoms with E-state index in [1.165, 1.54) is 5.56 Å². The van der Waals surface area contributed by atoms with Crippen molar-refractivity contribution in [1.82, 2.24) is 10.2 Å². The van der Waals surface area contributed by atoms with Crippen LogP contribution in [0.2, 0.25) is 0 Å². The predicted octanol–water partition coefficient (Wildman–Crippen LogP) is 3.36. The van der Waals surface area contributed by atoms with Crippen molar-refractivity contribution >= 4 is 0 Å². The minimum atomic E-state index is -0.110. The van der Waals surface area contributed by atoms with Crippen LogP contribution in [0.5, 0.6) is 0 Å². The molecule has 1 fully saturated rings. The molecule has 110 valence electrons. The van der Waals surface area contributed by atoms with Crippen LogP contribution in [0.3, 0.4) is 0 Å². The van der Waals surface area contributed by atoms with Gasteiger partial charge in [0.05, 0.1) is 0 Å². The molecule has 1 aliphatic rings. The first kappa shape index (κ1) is 14.2. The van der Waals surface area contributed by atoms with Gasteiger partial charge < -0.3 is 5.32 Å². The number of benzene rings is 2. The standard InChI is InChI=1S/C18H21FN2/c19-17-10-5-4-9-16(17)14-21-12-6-11-20-13-18(21)15-7-2-1-3-8-15/h1-5,7-10,18,20H,6,11-14H2. The van der Waals surface area contributed by atoms with Gasteiger partial charge in [0.1, 0.15) is 5.82 Å². The third-order valence-electron chi connectivity index (χ3n) is 4.09. The highest BCUT2D eigenvalue weighted by Crippen LogP contribution is 2.24. The molecular weight excluding hydrogens is 263 g/mol. The number of rotatable bonds is 3. The van der Waals surface area contributed by atoms with Crippen LogP contribution in [0.15, 0.2) is 54.6 Å². The Balaban J connectivity index is 1.84. The zero-order valence-electron chi connectivity index (χ0n) is 12.1. The van der Waals surface area contributed by atoms with Gasteiger partial charge in [0.2, 0.25) is 0 Å². The van der Waals surface area contributed by atoms with Gasteiger partial charge in [-0.1, -0.05) is 48.5 Å².